The highest BCUT2D eigenvalue weighted by Crippen LogP contribution is 2.26. The Hall–Kier alpha value is -1.30. The van der Waals surface area contributed by atoms with E-state index in [1.807, 2.05) is 4.90 Å². The fourth-order valence-corrected chi connectivity index (χ4v) is 2.67. The summed E-state index contributed by atoms with van der Waals surface area (Å²) < 4.78 is 5.28. The van der Waals surface area contributed by atoms with Crippen LogP contribution in [0, 0.1) is 11.8 Å². The number of amides is 2. The Labute approximate surface area is 113 Å². The van der Waals surface area contributed by atoms with Crippen molar-refractivity contribution >= 4 is 12.0 Å². The number of methoxy groups -OCH3 is 1. The van der Waals surface area contributed by atoms with E-state index in [4.69, 9.17) is 9.84 Å². The molecule has 6 heteroatoms. The van der Waals surface area contributed by atoms with Gasteiger partial charge in [-0.3, -0.25) is 4.79 Å². The molecule has 2 saturated heterocycles. The minimum absolute atomic E-state index is 0.0448. The summed E-state index contributed by atoms with van der Waals surface area (Å²) in [6.07, 6.45) is 2.02. The molecule has 0 aliphatic carbocycles. The maximum atomic E-state index is 12.2. The highest BCUT2D eigenvalue weighted by Gasteiger charge is 2.39. The van der Waals surface area contributed by atoms with Gasteiger partial charge in [0.05, 0.1) is 12.0 Å². The number of carboxylic acids is 1. The molecule has 0 aromatic carbocycles. The molecule has 0 aromatic rings. The van der Waals surface area contributed by atoms with Gasteiger partial charge in [-0.05, 0) is 12.8 Å². The first-order chi connectivity index (χ1) is 9.02. The number of nitrogens with zero attached hydrogens (tertiary/aromatic N) is 2. The summed E-state index contributed by atoms with van der Waals surface area (Å²) in [6.45, 7) is 4.30. The van der Waals surface area contributed by atoms with Crippen molar-refractivity contribution in [3.05, 3.63) is 0 Å². The van der Waals surface area contributed by atoms with Crippen LogP contribution in [0.4, 0.5) is 4.79 Å². The van der Waals surface area contributed by atoms with Crippen molar-refractivity contribution in [2.45, 2.75) is 25.9 Å². The van der Waals surface area contributed by atoms with Gasteiger partial charge in [-0.15, -0.1) is 0 Å². The number of urea groups is 1. The highest BCUT2D eigenvalue weighted by molar-refractivity contribution is 5.76. The molecule has 2 aliphatic rings. The summed E-state index contributed by atoms with van der Waals surface area (Å²) in [7, 11) is 1.70. The third kappa shape index (κ3) is 3.00. The van der Waals surface area contributed by atoms with Crippen LogP contribution < -0.4 is 0 Å². The molecule has 0 aromatic heterocycles. The number of hydrogen-bond donors (Lipinski definition) is 1. The molecule has 2 heterocycles. The van der Waals surface area contributed by atoms with Crippen LogP contribution >= 0.6 is 0 Å². The third-order valence-corrected chi connectivity index (χ3v) is 4.32. The van der Waals surface area contributed by atoms with Crippen molar-refractivity contribution in [2.75, 3.05) is 33.3 Å². The molecule has 1 atom stereocenters. The smallest absolute Gasteiger partial charge is 0.320 e. The Morgan fingerprint density at radius 1 is 1.21 bits per heavy atom. The average molecular weight is 270 g/mol. The van der Waals surface area contributed by atoms with Gasteiger partial charge in [0, 0.05) is 39.2 Å². The van der Waals surface area contributed by atoms with Crippen LogP contribution in [0.15, 0.2) is 0 Å². The highest BCUT2D eigenvalue weighted by atomic mass is 16.5. The molecule has 0 bridgehead atoms. The fraction of sp³-hybridized carbons (Fsp3) is 0.846. The quantitative estimate of drug-likeness (QED) is 0.826. The molecular formula is C13H22N2O4. The first-order valence-electron chi connectivity index (χ1n) is 6.82. The number of rotatable bonds is 3. The number of hydrogen-bond acceptors (Lipinski definition) is 3. The summed E-state index contributed by atoms with van der Waals surface area (Å²) >= 11 is 0. The topological polar surface area (TPSA) is 70.1 Å². The van der Waals surface area contributed by atoms with E-state index in [1.165, 1.54) is 0 Å². The first-order valence-corrected chi connectivity index (χ1v) is 6.82. The van der Waals surface area contributed by atoms with Crippen LogP contribution in [0.2, 0.25) is 0 Å². The maximum absolute atomic E-state index is 12.2. The number of likely N-dealkylation sites (tertiary alicyclic amines) is 2. The van der Waals surface area contributed by atoms with Crippen LogP contribution in [-0.2, 0) is 9.53 Å². The van der Waals surface area contributed by atoms with Gasteiger partial charge >= 0.3 is 12.0 Å². The van der Waals surface area contributed by atoms with E-state index in [9.17, 15) is 9.59 Å². The molecule has 19 heavy (non-hydrogen) atoms. The zero-order valence-electron chi connectivity index (χ0n) is 11.5. The zero-order valence-corrected chi connectivity index (χ0v) is 11.5. The fourth-order valence-electron chi connectivity index (χ4n) is 2.67. The van der Waals surface area contributed by atoms with Crippen LogP contribution in [0.3, 0.4) is 0 Å². The molecule has 2 rings (SSSR count). The summed E-state index contributed by atoms with van der Waals surface area (Å²) in [5.41, 5.74) is 0. The molecule has 1 unspecified atom stereocenters. The molecule has 108 valence electrons. The van der Waals surface area contributed by atoms with Gasteiger partial charge in [0.15, 0.2) is 0 Å². The van der Waals surface area contributed by atoms with E-state index in [2.05, 4.69) is 0 Å². The number of ether oxygens (including phenoxy) is 1. The minimum atomic E-state index is -0.780. The lowest BCUT2D eigenvalue weighted by Gasteiger charge is -2.44. The lowest BCUT2D eigenvalue weighted by molar-refractivity contribution is -0.145. The number of aliphatic carboxylic acids is 1. The van der Waals surface area contributed by atoms with Crippen molar-refractivity contribution in [1.82, 2.24) is 9.80 Å². The van der Waals surface area contributed by atoms with Gasteiger partial charge in [-0.1, -0.05) is 6.92 Å². The van der Waals surface area contributed by atoms with E-state index in [0.29, 0.717) is 13.1 Å². The summed E-state index contributed by atoms with van der Waals surface area (Å²) in [4.78, 5) is 26.6. The van der Waals surface area contributed by atoms with Gasteiger partial charge in [0.1, 0.15) is 0 Å². The van der Waals surface area contributed by atoms with Gasteiger partial charge in [-0.25, -0.2) is 4.79 Å². The maximum Gasteiger partial charge on any atom is 0.320 e. The predicted octanol–water partition coefficient (Wildman–Crippen LogP) is 0.870. The van der Waals surface area contributed by atoms with E-state index >= 15 is 0 Å². The second-order valence-electron chi connectivity index (χ2n) is 5.50. The van der Waals surface area contributed by atoms with Gasteiger partial charge in [-0.2, -0.15) is 0 Å². The average Bonchev–Trinajstić information content (AvgIpc) is 2.36. The molecule has 0 spiro atoms. The second kappa shape index (κ2) is 5.77. The second-order valence-corrected chi connectivity index (χ2v) is 5.50. The molecular weight excluding hydrogens is 248 g/mol. The summed E-state index contributed by atoms with van der Waals surface area (Å²) in [5, 5.41) is 8.92. The van der Waals surface area contributed by atoms with E-state index in [-0.39, 0.29) is 24.0 Å². The zero-order chi connectivity index (χ0) is 14.0. The predicted molar refractivity (Wildman–Crippen MR) is 68.9 cm³/mol. The normalized spacial score (nSPS) is 23.1. The van der Waals surface area contributed by atoms with Crippen LogP contribution in [0.1, 0.15) is 19.8 Å². The molecule has 1 N–H and O–H groups in total. The Bertz CT molecular complexity index is 347. The van der Waals surface area contributed by atoms with Crippen LogP contribution in [-0.4, -0.2) is 66.3 Å². The molecule has 0 radical (unpaired) electrons. The monoisotopic (exact) mass is 270 g/mol. The van der Waals surface area contributed by atoms with Crippen LogP contribution in [0.5, 0.6) is 0 Å². The van der Waals surface area contributed by atoms with Gasteiger partial charge < -0.3 is 19.6 Å². The van der Waals surface area contributed by atoms with Gasteiger partial charge in [0.25, 0.3) is 0 Å². The first kappa shape index (κ1) is 14.1. The molecule has 6 nitrogen and oxygen atoms in total. The number of carbonyl (C=O) groups excluding carboxylic acids is 1. The Morgan fingerprint density at radius 2 is 1.79 bits per heavy atom. The van der Waals surface area contributed by atoms with E-state index in [1.54, 1.807) is 18.9 Å². The number of piperidine rings is 1. The van der Waals surface area contributed by atoms with Crippen molar-refractivity contribution in [1.29, 1.82) is 0 Å². The Kier molecular flexibility index (Phi) is 4.29. The van der Waals surface area contributed by atoms with Crippen molar-refractivity contribution in [3.63, 3.8) is 0 Å². The molecule has 2 fully saturated rings. The summed E-state index contributed by atoms with van der Waals surface area (Å²) in [6, 6.07) is 0.0448. The van der Waals surface area contributed by atoms with E-state index < -0.39 is 5.97 Å². The lowest BCUT2D eigenvalue weighted by atomic mass is 9.87. The van der Waals surface area contributed by atoms with Crippen LogP contribution in [0.25, 0.3) is 0 Å². The summed E-state index contributed by atoms with van der Waals surface area (Å²) in [5.74, 6) is -1.06. The van der Waals surface area contributed by atoms with Crippen molar-refractivity contribution in [3.8, 4) is 0 Å². The largest absolute Gasteiger partial charge is 0.481 e. The molecule has 0 saturated carbocycles. The van der Waals surface area contributed by atoms with Crippen molar-refractivity contribution in [2.24, 2.45) is 11.8 Å². The Morgan fingerprint density at radius 3 is 2.26 bits per heavy atom. The number of carbonyl (C=O) groups is 2. The Balaban J connectivity index is 1.76. The number of carboxylic acid groups (broad SMARTS) is 1. The third-order valence-electron chi connectivity index (χ3n) is 4.32. The SMILES string of the molecule is COC1CCN(C(=O)N2CC(C(C)C(=O)O)C2)CC1. The lowest BCUT2D eigenvalue weighted by Crippen LogP contribution is -2.58. The standard InChI is InChI=1S/C13H22N2O4/c1-9(12(16)17)10-7-15(8-10)13(18)14-5-3-11(19-2)4-6-14/h9-11H,3-8H2,1-2H3,(H,16,17). The minimum Gasteiger partial charge on any atom is -0.481 e. The van der Waals surface area contributed by atoms with Gasteiger partial charge in [0.2, 0.25) is 0 Å². The molecule has 2 aliphatic heterocycles. The molecule has 2 amide bonds. The van der Waals surface area contributed by atoms with Crippen molar-refractivity contribution < 1.29 is 19.4 Å². The van der Waals surface area contributed by atoms with E-state index in [0.717, 1.165) is 25.9 Å².